The lowest BCUT2D eigenvalue weighted by Crippen LogP contribution is -2.45. The van der Waals surface area contributed by atoms with Crippen molar-refractivity contribution in [3.05, 3.63) is 28.8 Å². The number of carbonyl (C=O) groups excluding carboxylic acids is 2. The number of aliphatic carboxylic acids is 1. The molecule has 0 spiro atoms. The summed E-state index contributed by atoms with van der Waals surface area (Å²) in [6.45, 7) is 7.21. The minimum Gasteiger partial charge on any atom is -0.480 e. The largest absolute Gasteiger partial charge is 0.480 e. The maximum absolute atomic E-state index is 13.0. The Hall–Kier alpha value is -1.82. The van der Waals surface area contributed by atoms with Crippen LogP contribution in [0.3, 0.4) is 0 Å². The van der Waals surface area contributed by atoms with Crippen molar-refractivity contribution in [2.75, 3.05) is 10.7 Å². The van der Waals surface area contributed by atoms with Crippen LogP contribution in [0.1, 0.15) is 55.7 Å². The highest BCUT2D eigenvalue weighted by atomic mass is 32.2. The van der Waals surface area contributed by atoms with E-state index in [9.17, 15) is 19.5 Å². The van der Waals surface area contributed by atoms with Crippen LogP contribution >= 0.6 is 11.8 Å². The van der Waals surface area contributed by atoms with Crippen molar-refractivity contribution >= 4 is 34.4 Å². The molecule has 0 aromatic heterocycles. The monoisotopic (exact) mass is 391 g/mol. The van der Waals surface area contributed by atoms with Gasteiger partial charge in [-0.25, -0.2) is 4.79 Å². The highest BCUT2D eigenvalue weighted by molar-refractivity contribution is 8.14. The lowest BCUT2D eigenvalue weighted by Gasteiger charge is -2.30. The van der Waals surface area contributed by atoms with E-state index in [1.807, 2.05) is 32.9 Å². The number of carbonyl (C=O) groups is 3. The fourth-order valence-electron chi connectivity index (χ4n) is 3.61. The molecule has 1 aliphatic carbocycles. The number of hydrogen-bond donors (Lipinski definition) is 1. The van der Waals surface area contributed by atoms with E-state index in [0.717, 1.165) is 54.1 Å². The fourth-order valence-corrected chi connectivity index (χ4v) is 4.49. The molecule has 1 atom stereocenters. The molecule has 148 valence electrons. The van der Waals surface area contributed by atoms with Gasteiger partial charge in [0, 0.05) is 5.92 Å². The van der Waals surface area contributed by atoms with Gasteiger partial charge in [-0.2, -0.15) is 0 Å². The molecule has 0 heterocycles. The molecule has 0 bridgehead atoms. The highest BCUT2D eigenvalue weighted by Crippen LogP contribution is 2.31. The van der Waals surface area contributed by atoms with Crippen LogP contribution in [0, 0.1) is 26.7 Å². The van der Waals surface area contributed by atoms with Gasteiger partial charge in [0.1, 0.15) is 6.04 Å². The number of aryl methyl sites for hydroxylation is 2. The van der Waals surface area contributed by atoms with Gasteiger partial charge in [-0.05, 0) is 57.2 Å². The predicted molar refractivity (Wildman–Crippen MR) is 109 cm³/mol. The van der Waals surface area contributed by atoms with Crippen LogP contribution < -0.4 is 4.90 Å². The van der Waals surface area contributed by atoms with E-state index in [1.165, 1.54) is 18.2 Å². The molecule has 0 saturated heterocycles. The Morgan fingerprint density at radius 3 is 2.30 bits per heavy atom. The second-order valence-corrected chi connectivity index (χ2v) is 8.37. The van der Waals surface area contributed by atoms with Crippen LogP contribution in [0.5, 0.6) is 0 Å². The first kappa shape index (κ1) is 21.5. The second-order valence-electron chi connectivity index (χ2n) is 7.39. The zero-order valence-electron chi connectivity index (χ0n) is 16.6. The molecule has 1 aliphatic rings. The van der Waals surface area contributed by atoms with Gasteiger partial charge in [0.15, 0.2) is 5.12 Å². The Morgan fingerprint density at radius 2 is 1.70 bits per heavy atom. The van der Waals surface area contributed by atoms with Crippen molar-refractivity contribution < 1.29 is 19.5 Å². The number of benzene rings is 1. The molecule has 6 heteroatoms. The SMILES string of the molecule is Cc1ccc(C)c(N(C(=O)CSC(=O)C2CCCCC2)[C@@H](C)C(=O)O)c1C. The Balaban J connectivity index is 2.22. The Labute approximate surface area is 165 Å². The lowest BCUT2D eigenvalue weighted by atomic mass is 9.90. The Morgan fingerprint density at radius 1 is 1.11 bits per heavy atom. The molecule has 1 N–H and O–H groups in total. The van der Waals surface area contributed by atoms with Crippen molar-refractivity contribution in [1.29, 1.82) is 0 Å². The van der Waals surface area contributed by atoms with Crippen molar-refractivity contribution in [2.24, 2.45) is 5.92 Å². The number of rotatable bonds is 6. The van der Waals surface area contributed by atoms with Gasteiger partial charge in [0.2, 0.25) is 5.91 Å². The van der Waals surface area contributed by atoms with Gasteiger partial charge in [-0.3, -0.25) is 14.5 Å². The molecule has 1 saturated carbocycles. The van der Waals surface area contributed by atoms with Crippen LogP contribution in [0.4, 0.5) is 5.69 Å². The van der Waals surface area contributed by atoms with Crippen molar-refractivity contribution in [1.82, 2.24) is 0 Å². The number of carboxylic acid groups (broad SMARTS) is 1. The number of thioether (sulfide) groups is 1. The summed E-state index contributed by atoms with van der Waals surface area (Å²) < 4.78 is 0. The molecule has 5 nitrogen and oxygen atoms in total. The van der Waals surface area contributed by atoms with E-state index in [-0.39, 0.29) is 22.7 Å². The van der Waals surface area contributed by atoms with Crippen LogP contribution in [0.15, 0.2) is 12.1 Å². The summed E-state index contributed by atoms with van der Waals surface area (Å²) in [7, 11) is 0. The highest BCUT2D eigenvalue weighted by Gasteiger charge is 2.31. The zero-order chi connectivity index (χ0) is 20.1. The first-order valence-corrected chi connectivity index (χ1v) is 10.5. The van der Waals surface area contributed by atoms with E-state index in [2.05, 4.69) is 0 Å². The Bertz CT molecular complexity index is 725. The van der Waals surface area contributed by atoms with E-state index >= 15 is 0 Å². The topological polar surface area (TPSA) is 74.7 Å². The molecular formula is C21H29NO4S. The van der Waals surface area contributed by atoms with Gasteiger partial charge < -0.3 is 5.11 Å². The average Bonchev–Trinajstić information content (AvgIpc) is 2.66. The van der Waals surface area contributed by atoms with E-state index in [0.29, 0.717) is 5.69 Å². The summed E-state index contributed by atoms with van der Waals surface area (Å²) in [5.41, 5.74) is 3.38. The normalized spacial score (nSPS) is 16.0. The third-order valence-corrected chi connectivity index (χ3v) is 6.44. The molecule has 1 fully saturated rings. The van der Waals surface area contributed by atoms with E-state index in [4.69, 9.17) is 0 Å². The first-order valence-electron chi connectivity index (χ1n) is 9.52. The van der Waals surface area contributed by atoms with E-state index in [1.54, 1.807) is 0 Å². The number of nitrogens with zero attached hydrogens (tertiary/aromatic N) is 1. The molecule has 2 rings (SSSR count). The number of amides is 1. The smallest absolute Gasteiger partial charge is 0.326 e. The number of hydrogen-bond acceptors (Lipinski definition) is 4. The molecule has 0 aliphatic heterocycles. The summed E-state index contributed by atoms with van der Waals surface area (Å²) in [5.74, 6) is -1.40. The minimum absolute atomic E-state index is 0.0280. The van der Waals surface area contributed by atoms with Gasteiger partial charge in [-0.1, -0.05) is 43.2 Å². The third-order valence-electron chi connectivity index (χ3n) is 5.43. The summed E-state index contributed by atoms with van der Waals surface area (Å²) in [5, 5.41) is 9.59. The summed E-state index contributed by atoms with van der Waals surface area (Å²) in [4.78, 5) is 38.4. The predicted octanol–water partition coefficient (Wildman–Crippen LogP) is 4.26. The van der Waals surface area contributed by atoms with Gasteiger partial charge >= 0.3 is 5.97 Å². The average molecular weight is 392 g/mol. The van der Waals surface area contributed by atoms with Gasteiger partial charge in [-0.15, -0.1) is 0 Å². The summed E-state index contributed by atoms with van der Waals surface area (Å²) >= 11 is 1.04. The maximum Gasteiger partial charge on any atom is 0.326 e. The molecule has 27 heavy (non-hydrogen) atoms. The molecule has 0 unspecified atom stereocenters. The van der Waals surface area contributed by atoms with Crippen molar-refractivity contribution in [3.8, 4) is 0 Å². The van der Waals surface area contributed by atoms with Gasteiger partial charge in [0.25, 0.3) is 0 Å². The number of anilines is 1. The molecule has 0 radical (unpaired) electrons. The van der Waals surface area contributed by atoms with Crippen molar-refractivity contribution in [2.45, 2.75) is 65.8 Å². The first-order chi connectivity index (χ1) is 12.7. The van der Waals surface area contributed by atoms with Crippen LogP contribution in [0.2, 0.25) is 0 Å². The lowest BCUT2D eigenvalue weighted by molar-refractivity contribution is -0.139. The molecule has 1 aromatic carbocycles. The fraction of sp³-hybridized carbons (Fsp3) is 0.571. The van der Waals surface area contributed by atoms with E-state index < -0.39 is 12.0 Å². The van der Waals surface area contributed by atoms with Crippen LogP contribution in [-0.2, 0) is 14.4 Å². The minimum atomic E-state index is -1.06. The molecular weight excluding hydrogens is 362 g/mol. The standard InChI is InChI=1S/C21H29NO4S/c1-13-10-11-14(2)19(15(13)3)22(16(4)20(24)25)18(23)12-27-21(26)17-8-6-5-7-9-17/h10-11,16-17H,5-9,12H2,1-4H3,(H,24,25)/t16-/m0/s1. The maximum atomic E-state index is 13.0. The summed E-state index contributed by atoms with van der Waals surface area (Å²) in [6, 6.07) is 2.86. The van der Waals surface area contributed by atoms with Crippen molar-refractivity contribution in [3.63, 3.8) is 0 Å². The molecule has 1 amide bonds. The third kappa shape index (κ3) is 5.12. The number of carboxylic acids is 1. The quantitative estimate of drug-likeness (QED) is 0.784. The van der Waals surface area contributed by atoms with Gasteiger partial charge in [0.05, 0.1) is 11.4 Å². The Kier molecular flexibility index (Phi) is 7.48. The molecule has 1 aromatic rings. The zero-order valence-corrected chi connectivity index (χ0v) is 17.4. The van der Waals surface area contributed by atoms with Crippen LogP contribution in [-0.4, -0.2) is 33.9 Å². The van der Waals surface area contributed by atoms with Crippen LogP contribution in [0.25, 0.3) is 0 Å². The summed E-state index contributed by atoms with van der Waals surface area (Å²) in [6.07, 6.45) is 5.09. The second kappa shape index (κ2) is 9.40.